The number of carbonyl (C=O) groups is 1. The third-order valence-corrected chi connectivity index (χ3v) is 5.33. The van der Waals surface area contributed by atoms with Crippen LogP contribution in [0.3, 0.4) is 0 Å². The summed E-state index contributed by atoms with van der Waals surface area (Å²) >= 11 is 1.25. The molecule has 0 aliphatic rings. The molecule has 1 aromatic carbocycles. The molecule has 0 radical (unpaired) electrons. The topological polar surface area (TPSA) is 72.9 Å². The lowest BCUT2D eigenvalue weighted by atomic mass is 10.1. The number of nitrogens with zero attached hydrogens (tertiary/aromatic N) is 2. The number of nitrogens with one attached hydrogen (secondary N) is 1. The maximum Gasteiger partial charge on any atom is 0.416 e. The van der Waals surface area contributed by atoms with E-state index in [1.807, 2.05) is 13.8 Å². The van der Waals surface area contributed by atoms with Gasteiger partial charge >= 0.3 is 6.18 Å². The summed E-state index contributed by atoms with van der Waals surface area (Å²) < 4.78 is 40.8. The number of nitrogens with two attached hydrogens (primary N) is 1. The van der Waals surface area contributed by atoms with E-state index >= 15 is 0 Å². The van der Waals surface area contributed by atoms with E-state index in [4.69, 9.17) is 5.73 Å². The monoisotopic (exact) mass is 432 g/mol. The molecule has 152 valence electrons. The standard InChI is InChI=1S/C18H19F3N4OS.ClH/c1-9(2)15-13-7-14(27-17(13)25(3)24-15)16(26)23-12-5-10(8-22)4-11(6-12)18(19,20)21;/h4-7,9H,8,22H2,1-3H3,(H,23,26);1H. The minimum absolute atomic E-state index is 0. The van der Waals surface area contributed by atoms with Crippen molar-refractivity contribution in [3.8, 4) is 0 Å². The summed E-state index contributed by atoms with van der Waals surface area (Å²) in [5, 5.41) is 7.89. The number of carbonyl (C=O) groups excluding carboxylic acids is 1. The van der Waals surface area contributed by atoms with Crippen LogP contribution in [0.5, 0.6) is 0 Å². The zero-order valence-electron chi connectivity index (χ0n) is 15.4. The average Bonchev–Trinajstić information content (AvgIpc) is 3.14. The van der Waals surface area contributed by atoms with Gasteiger partial charge in [0.1, 0.15) is 4.83 Å². The first kappa shape index (κ1) is 22.2. The van der Waals surface area contributed by atoms with Crippen molar-refractivity contribution in [2.24, 2.45) is 12.8 Å². The molecule has 3 N–H and O–H groups in total. The van der Waals surface area contributed by atoms with Gasteiger partial charge in [0.05, 0.1) is 16.1 Å². The van der Waals surface area contributed by atoms with Crippen LogP contribution >= 0.6 is 23.7 Å². The largest absolute Gasteiger partial charge is 0.416 e. The number of aromatic nitrogens is 2. The summed E-state index contributed by atoms with van der Waals surface area (Å²) in [5.74, 6) is -0.275. The number of rotatable bonds is 4. The van der Waals surface area contributed by atoms with Crippen LogP contribution in [-0.4, -0.2) is 15.7 Å². The molecule has 5 nitrogen and oxygen atoms in total. The van der Waals surface area contributed by atoms with Crippen molar-refractivity contribution < 1.29 is 18.0 Å². The minimum Gasteiger partial charge on any atom is -0.326 e. The van der Waals surface area contributed by atoms with Crippen LogP contribution in [0, 0.1) is 0 Å². The summed E-state index contributed by atoms with van der Waals surface area (Å²) in [6, 6.07) is 5.07. The number of aryl methyl sites for hydroxylation is 1. The fraction of sp³-hybridized carbons (Fsp3) is 0.333. The number of benzene rings is 1. The van der Waals surface area contributed by atoms with Crippen LogP contribution in [-0.2, 0) is 19.8 Å². The zero-order valence-corrected chi connectivity index (χ0v) is 17.1. The highest BCUT2D eigenvalue weighted by molar-refractivity contribution is 7.20. The van der Waals surface area contributed by atoms with Crippen LogP contribution in [0.1, 0.15) is 46.3 Å². The van der Waals surface area contributed by atoms with Crippen LogP contribution < -0.4 is 11.1 Å². The quantitative estimate of drug-likeness (QED) is 0.615. The van der Waals surface area contributed by atoms with Crippen molar-refractivity contribution in [1.82, 2.24) is 9.78 Å². The van der Waals surface area contributed by atoms with Gasteiger partial charge in [-0.25, -0.2) is 0 Å². The van der Waals surface area contributed by atoms with Gasteiger partial charge < -0.3 is 11.1 Å². The number of hydrogen-bond donors (Lipinski definition) is 2. The van der Waals surface area contributed by atoms with Gasteiger partial charge in [-0.15, -0.1) is 23.7 Å². The molecular weight excluding hydrogens is 413 g/mol. The first-order chi connectivity index (χ1) is 12.6. The van der Waals surface area contributed by atoms with E-state index in [1.54, 1.807) is 17.8 Å². The van der Waals surface area contributed by atoms with E-state index in [9.17, 15) is 18.0 Å². The van der Waals surface area contributed by atoms with E-state index < -0.39 is 17.6 Å². The van der Waals surface area contributed by atoms with Gasteiger partial charge in [-0.05, 0) is 35.7 Å². The fourth-order valence-electron chi connectivity index (χ4n) is 2.84. The van der Waals surface area contributed by atoms with Crippen molar-refractivity contribution in [3.63, 3.8) is 0 Å². The Bertz CT molecular complexity index is 1010. The molecule has 2 aromatic heterocycles. The number of alkyl halides is 3. The number of halogens is 4. The molecule has 0 unspecified atom stereocenters. The Labute approximate surface area is 170 Å². The summed E-state index contributed by atoms with van der Waals surface area (Å²) in [6.07, 6.45) is -4.51. The maximum atomic E-state index is 13.0. The minimum atomic E-state index is -4.51. The molecule has 0 aliphatic heterocycles. The van der Waals surface area contributed by atoms with E-state index in [-0.39, 0.29) is 30.6 Å². The molecule has 0 bridgehead atoms. The van der Waals surface area contributed by atoms with Gasteiger partial charge in [-0.1, -0.05) is 13.8 Å². The van der Waals surface area contributed by atoms with Crippen molar-refractivity contribution in [2.75, 3.05) is 5.32 Å². The number of amides is 1. The Kier molecular flexibility index (Phi) is 6.42. The molecule has 3 aromatic rings. The van der Waals surface area contributed by atoms with Gasteiger partial charge in [0, 0.05) is 24.7 Å². The fourth-order valence-corrected chi connectivity index (χ4v) is 3.82. The molecule has 0 fully saturated rings. The second kappa shape index (κ2) is 8.10. The molecule has 10 heteroatoms. The molecule has 0 atom stereocenters. The Morgan fingerprint density at radius 3 is 2.54 bits per heavy atom. The van der Waals surface area contributed by atoms with Gasteiger partial charge in [0.25, 0.3) is 5.91 Å². The molecule has 2 heterocycles. The second-order valence-corrected chi connectivity index (χ2v) is 7.60. The highest BCUT2D eigenvalue weighted by Gasteiger charge is 2.31. The average molecular weight is 433 g/mol. The summed E-state index contributed by atoms with van der Waals surface area (Å²) in [5.41, 5.74) is 5.88. The lowest BCUT2D eigenvalue weighted by Gasteiger charge is -2.12. The number of anilines is 1. The predicted octanol–water partition coefficient (Wildman–Crippen LogP) is 4.91. The molecule has 0 saturated heterocycles. The Morgan fingerprint density at radius 1 is 1.29 bits per heavy atom. The zero-order chi connectivity index (χ0) is 19.9. The number of fused-ring (bicyclic) bond motifs is 1. The van der Waals surface area contributed by atoms with E-state index in [0.717, 1.165) is 28.0 Å². The summed E-state index contributed by atoms with van der Waals surface area (Å²) in [4.78, 5) is 13.8. The first-order valence-electron chi connectivity index (χ1n) is 8.29. The number of hydrogen-bond acceptors (Lipinski definition) is 4. The second-order valence-electron chi connectivity index (χ2n) is 6.57. The predicted molar refractivity (Wildman–Crippen MR) is 107 cm³/mol. The van der Waals surface area contributed by atoms with E-state index in [0.29, 0.717) is 10.4 Å². The highest BCUT2D eigenvalue weighted by atomic mass is 35.5. The summed E-state index contributed by atoms with van der Waals surface area (Å²) in [6.45, 7) is 3.96. The molecule has 0 saturated carbocycles. The van der Waals surface area contributed by atoms with Crippen LogP contribution in [0.4, 0.5) is 18.9 Å². The van der Waals surface area contributed by atoms with Gasteiger partial charge in [-0.3, -0.25) is 9.48 Å². The van der Waals surface area contributed by atoms with E-state index in [1.165, 1.54) is 17.4 Å². The van der Waals surface area contributed by atoms with Crippen LogP contribution in [0.15, 0.2) is 24.3 Å². The Hall–Kier alpha value is -2.10. The lowest BCUT2D eigenvalue weighted by Crippen LogP contribution is -2.13. The van der Waals surface area contributed by atoms with Crippen LogP contribution in [0.25, 0.3) is 10.2 Å². The molecule has 0 aliphatic carbocycles. The maximum absolute atomic E-state index is 13.0. The van der Waals surface area contributed by atoms with Crippen molar-refractivity contribution >= 4 is 45.6 Å². The molecule has 28 heavy (non-hydrogen) atoms. The van der Waals surface area contributed by atoms with Crippen molar-refractivity contribution in [1.29, 1.82) is 0 Å². The third kappa shape index (κ3) is 4.31. The summed E-state index contributed by atoms with van der Waals surface area (Å²) in [7, 11) is 1.80. The Balaban J connectivity index is 0.00000280. The van der Waals surface area contributed by atoms with Crippen molar-refractivity contribution in [2.45, 2.75) is 32.5 Å². The molecular formula is C18H20ClF3N4OS. The molecule has 0 spiro atoms. The lowest BCUT2D eigenvalue weighted by molar-refractivity contribution is -0.137. The smallest absolute Gasteiger partial charge is 0.326 e. The van der Waals surface area contributed by atoms with E-state index in [2.05, 4.69) is 10.4 Å². The first-order valence-corrected chi connectivity index (χ1v) is 9.10. The normalized spacial score (nSPS) is 11.7. The highest BCUT2D eigenvalue weighted by Crippen LogP contribution is 2.34. The van der Waals surface area contributed by atoms with Gasteiger partial charge in [-0.2, -0.15) is 18.3 Å². The third-order valence-electron chi connectivity index (χ3n) is 4.12. The van der Waals surface area contributed by atoms with Crippen LogP contribution in [0.2, 0.25) is 0 Å². The molecule has 3 rings (SSSR count). The van der Waals surface area contributed by atoms with Gasteiger partial charge in [0.15, 0.2) is 0 Å². The van der Waals surface area contributed by atoms with Crippen molar-refractivity contribution in [3.05, 3.63) is 46.0 Å². The Morgan fingerprint density at radius 2 is 1.96 bits per heavy atom. The van der Waals surface area contributed by atoms with Gasteiger partial charge in [0.2, 0.25) is 0 Å². The molecule has 1 amide bonds. The number of thiophene rings is 1. The SMILES string of the molecule is CC(C)c1nn(C)c2sc(C(=O)Nc3cc(CN)cc(C(F)(F)F)c3)cc12.Cl.